The van der Waals surface area contributed by atoms with E-state index in [0.29, 0.717) is 47.6 Å². The van der Waals surface area contributed by atoms with Gasteiger partial charge in [-0.2, -0.15) is 18.3 Å². The number of allylic oxidation sites excluding steroid dienone is 4. The lowest BCUT2D eigenvalue weighted by molar-refractivity contribution is -0.101. The normalized spacial score (nSPS) is 20.6. The summed E-state index contributed by atoms with van der Waals surface area (Å²) in [6, 6.07) is 3.67. The molecule has 34 heavy (non-hydrogen) atoms. The van der Waals surface area contributed by atoms with Crippen LogP contribution in [0.15, 0.2) is 48.5 Å². The Morgan fingerprint density at radius 1 is 1.15 bits per heavy atom. The summed E-state index contributed by atoms with van der Waals surface area (Å²) in [5.74, 6) is 0.0767. The third kappa shape index (κ3) is 4.44. The van der Waals surface area contributed by atoms with Crippen molar-refractivity contribution in [2.45, 2.75) is 44.8 Å². The van der Waals surface area contributed by atoms with E-state index in [1.165, 1.54) is 12.2 Å². The fourth-order valence-electron chi connectivity index (χ4n) is 4.63. The highest BCUT2D eigenvalue weighted by Gasteiger charge is 2.43. The molecule has 0 fully saturated rings. The van der Waals surface area contributed by atoms with Gasteiger partial charge < -0.3 is 4.57 Å². The lowest BCUT2D eigenvalue weighted by Gasteiger charge is -2.33. The molecule has 0 bridgehead atoms. The van der Waals surface area contributed by atoms with Crippen molar-refractivity contribution in [3.8, 4) is 5.69 Å². The number of halogens is 4. The van der Waals surface area contributed by atoms with Crippen LogP contribution in [0.3, 0.4) is 0 Å². The van der Waals surface area contributed by atoms with Crippen LogP contribution in [0.25, 0.3) is 17.8 Å². The van der Waals surface area contributed by atoms with Gasteiger partial charge in [-0.25, -0.2) is 19.6 Å². The Bertz CT molecular complexity index is 1300. The first-order valence-corrected chi connectivity index (χ1v) is 11.4. The van der Waals surface area contributed by atoms with E-state index in [4.69, 9.17) is 11.6 Å². The quantitative estimate of drug-likeness (QED) is 0.429. The SMILES string of the molecule is Cc1cn(-c2ccc(/C=C/c3nc4n(n3)CCC[C@H]4C3CC=CC=C3C(F)(F)F)nc2Cl)cn1. The lowest BCUT2D eigenvalue weighted by Crippen LogP contribution is -2.30. The molecule has 0 N–H and O–H groups in total. The molecule has 10 heteroatoms. The number of hydrogen-bond donors (Lipinski definition) is 0. The molecule has 1 aliphatic carbocycles. The molecular weight excluding hydrogens is 465 g/mol. The summed E-state index contributed by atoms with van der Waals surface area (Å²) < 4.78 is 44.4. The monoisotopic (exact) mass is 486 g/mol. The van der Waals surface area contributed by atoms with Crippen LogP contribution < -0.4 is 0 Å². The van der Waals surface area contributed by atoms with Crippen LogP contribution in [0.5, 0.6) is 0 Å². The first-order valence-electron chi connectivity index (χ1n) is 11.0. The largest absolute Gasteiger partial charge is 0.412 e. The Kier molecular flexibility index (Phi) is 5.89. The van der Waals surface area contributed by atoms with E-state index in [1.54, 1.807) is 33.8 Å². The van der Waals surface area contributed by atoms with Crippen molar-refractivity contribution in [3.05, 3.63) is 76.6 Å². The molecule has 176 valence electrons. The van der Waals surface area contributed by atoms with Gasteiger partial charge in [-0.1, -0.05) is 29.8 Å². The van der Waals surface area contributed by atoms with Crippen LogP contribution in [0, 0.1) is 12.8 Å². The Hall–Kier alpha value is -3.20. The standard InChI is InChI=1S/C24H22ClF3N6/c1-15-13-33(14-29-15)20-10-8-16(30-22(20)25)9-11-21-31-23-18(6-4-12-34(23)32-21)17-5-2-3-7-19(17)24(26,27)28/h2-3,7-11,13-14,17-18H,4-6,12H2,1H3/b11-9+/t17?,18-/m0/s1. The minimum Gasteiger partial charge on any atom is -0.303 e. The van der Waals surface area contributed by atoms with Crippen molar-refractivity contribution in [1.82, 2.24) is 29.3 Å². The van der Waals surface area contributed by atoms with Gasteiger partial charge in [0.25, 0.3) is 0 Å². The first-order chi connectivity index (χ1) is 16.3. The molecule has 1 aliphatic heterocycles. The van der Waals surface area contributed by atoms with E-state index >= 15 is 0 Å². The first kappa shape index (κ1) is 22.6. The number of aryl methyl sites for hydroxylation is 2. The molecule has 0 radical (unpaired) electrons. The third-order valence-electron chi connectivity index (χ3n) is 6.19. The minimum atomic E-state index is -4.35. The van der Waals surface area contributed by atoms with Gasteiger partial charge in [0.15, 0.2) is 11.0 Å². The zero-order valence-corrected chi connectivity index (χ0v) is 19.1. The second kappa shape index (κ2) is 8.87. The third-order valence-corrected chi connectivity index (χ3v) is 6.47. The van der Waals surface area contributed by atoms with Crippen molar-refractivity contribution in [2.24, 2.45) is 5.92 Å². The number of imidazole rings is 1. The summed E-state index contributed by atoms with van der Waals surface area (Å²) in [5.41, 5.74) is 1.72. The summed E-state index contributed by atoms with van der Waals surface area (Å²) in [5, 5.41) is 4.84. The maximum Gasteiger partial charge on any atom is 0.412 e. The van der Waals surface area contributed by atoms with Crippen LogP contribution in [0.1, 0.15) is 48.2 Å². The Labute approximate surface area is 199 Å². The molecule has 2 aliphatic rings. The average Bonchev–Trinajstić information content (AvgIpc) is 3.43. The van der Waals surface area contributed by atoms with Crippen molar-refractivity contribution in [1.29, 1.82) is 0 Å². The average molecular weight is 487 g/mol. The zero-order chi connectivity index (χ0) is 23.9. The van der Waals surface area contributed by atoms with Crippen molar-refractivity contribution in [2.75, 3.05) is 0 Å². The van der Waals surface area contributed by atoms with E-state index < -0.39 is 17.7 Å². The van der Waals surface area contributed by atoms with Gasteiger partial charge in [0.2, 0.25) is 0 Å². The maximum atomic E-state index is 13.6. The Morgan fingerprint density at radius 3 is 2.74 bits per heavy atom. The topological polar surface area (TPSA) is 61.4 Å². The molecular formula is C24H22ClF3N6. The molecule has 0 saturated carbocycles. The molecule has 4 heterocycles. The van der Waals surface area contributed by atoms with E-state index in [-0.39, 0.29) is 5.92 Å². The lowest BCUT2D eigenvalue weighted by atomic mass is 9.77. The van der Waals surface area contributed by atoms with Crippen molar-refractivity contribution < 1.29 is 13.2 Å². The van der Waals surface area contributed by atoms with Crippen LogP contribution in [0.4, 0.5) is 13.2 Å². The molecule has 3 aromatic rings. The molecule has 0 saturated heterocycles. The summed E-state index contributed by atoms with van der Waals surface area (Å²) in [4.78, 5) is 13.2. The molecule has 6 nitrogen and oxygen atoms in total. The predicted octanol–water partition coefficient (Wildman–Crippen LogP) is 5.93. The smallest absolute Gasteiger partial charge is 0.303 e. The van der Waals surface area contributed by atoms with Gasteiger partial charge >= 0.3 is 6.18 Å². The Balaban J connectivity index is 1.38. The summed E-state index contributed by atoms with van der Waals surface area (Å²) in [6.45, 7) is 2.53. The number of alkyl halides is 3. The highest BCUT2D eigenvalue weighted by Crippen LogP contribution is 2.45. The molecule has 0 amide bonds. The number of pyridine rings is 1. The molecule has 0 aromatic carbocycles. The van der Waals surface area contributed by atoms with Crippen LogP contribution in [-0.4, -0.2) is 35.5 Å². The zero-order valence-electron chi connectivity index (χ0n) is 18.4. The van der Waals surface area contributed by atoms with E-state index in [2.05, 4.69) is 20.1 Å². The highest BCUT2D eigenvalue weighted by molar-refractivity contribution is 6.31. The van der Waals surface area contributed by atoms with Crippen LogP contribution in [0.2, 0.25) is 5.15 Å². The van der Waals surface area contributed by atoms with E-state index in [1.807, 2.05) is 25.3 Å². The Morgan fingerprint density at radius 2 is 2.00 bits per heavy atom. The van der Waals surface area contributed by atoms with Gasteiger partial charge in [0.1, 0.15) is 5.82 Å². The molecule has 5 rings (SSSR count). The van der Waals surface area contributed by atoms with Crippen molar-refractivity contribution >= 4 is 23.8 Å². The van der Waals surface area contributed by atoms with Gasteiger partial charge in [-0.05, 0) is 50.5 Å². The summed E-state index contributed by atoms with van der Waals surface area (Å²) in [6.07, 6.45) is 8.86. The molecule has 0 spiro atoms. The minimum absolute atomic E-state index is 0.327. The fourth-order valence-corrected chi connectivity index (χ4v) is 4.88. The maximum absolute atomic E-state index is 13.6. The number of aromatic nitrogens is 6. The second-order valence-corrected chi connectivity index (χ2v) is 8.85. The van der Waals surface area contributed by atoms with Gasteiger partial charge in [-0.3, -0.25) is 0 Å². The van der Waals surface area contributed by atoms with E-state index in [0.717, 1.165) is 12.1 Å². The summed E-state index contributed by atoms with van der Waals surface area (Å²) in [7, 11) is 0. The highest BCUT2D eigenvalue weighted by atomic mass is 35.5. The van der Waals surface area contributed by atoms with Gasteiger partial charge in [0.05, 0.1) is 23.4 Å². The summed E-state index contributed by atoms with van der Waals surface area (Å²) >= 11 is 6.36. The van der Waals surface area contributed by atoms with Crippen LogP contribution in [-0.2, 0) is 6.54 Å². The number of nitrogens with zero attached hydrogens (tertiary/aromatic N) is 6. The number of hydrogen-bond acceptors (Lipinski definition) is 4. The van der Waals surface area contributed by atoms with E-state index in [9.17, 15) is 13.2 Å². The second-order valence-electron chi connectivity index (χ2n) is 8.49. The number of fused-ring (bicyclic) bond motifs is 1. The van der Waals surface area contributed by atoms with Gasteiger partial charge in [-0.15, -0.1) is 0 Å². The molecule has 1 unspecified atom stereocenters. The number of rotatable bonds is 4. The predicted molar refractivity (Wildman–Crippen MR) is 123 cm³/mol. The van der Waals surface area contributed by atoms with Gasteiger partial charge in [0, 0.05) is 30.2 Å². The van der Waals surface area contributed by atoms with Crippen LogP contribution >= 0.6 is 11.6 Å². The molecule has 3 aromatic heterocycles. The molecule has 2 atom stereocenters. The van der Waals surface area contributed by atoms with Crippen molar-refractivity contribution in [3.63, 3.8) is 0 Å². The fraction of sp³-hybridized carbons (Fsp3) is 0.333.